The number of benzene rings is 3. The standard InChI is InChI=1S/C24H21N5/c1-2-28-22-11-7-6-10-20(22)21-16-18(12-13-23(21)28)17-26-29(24-14-15-25-27-24)19-8-4-3-5-9-19/h3-17H,2H2,1H3,(H,25,27)/b26-17-. The average Bonchev–Trinajstić information content (AvgIpc) is 3.41. The number of aryl methyl sites for hydroxylation is 1. The molecule has 0 fully saturated rings. The molecule has 1 N–H and O–H groups in total. The van der Waals surface area contributed by atoms with E-state index < -0.39 is 0 Å². The summed E-state index contributed by atoms with van der Waals surface area (Å²) in [5.74, 6) is 0.746. The summed E-state index contributed by atoms with van der Waals surface area (Å²) in [6.07, 6.45) is 3.69. The van der Waals surface area contributed by atoms with Gasteiger partial charge in [-0.2, -0.15) is 10.2 Å². The molecule has 3 aromatic carbocycles. The molecule has 142 valence electrons. The third-order valence-electron chi connectivity index (χ3n) is 5.14. The summed E-state index contributed by atoms with van der Waals surface area (Å²) in [6.45, 7) is 3.13. The summed E-state index contributed by atoms with van der Waals surface area (Å²) < 4.78 is 2.35. The normalized spacial score (nSPS) is 11.6. The van der Waals surface area contributed by atoms with Crippen molar-refractivity contribution in [2.45, 2.75) is 13.5 Å². The highest BCUT2D eigenvalue weighted by atomic mass is 15.5. The van der Waals surface area contributed by atoms with Gasteiger partial charge in [-0.25, -0.2) is 5.01 Å². The fraction of sp³-hybridized carbons (Fsp3) is 0.0833. The zero-order valence-corrected chi connectivity index (χ0v) is 16.2. The van der Waals surface area contributed by atoms with Gasteiger partial charge >= 0.3 is 0 Å². The molecular weight excluding hydrogens is 358 g/mol. The smallest absolute Gasteiger partial charge is 0.175 e. The van der Waals surface area contributed by atoms with E-state index in [0.717, 1.165) is 23.6 Å². The Bertz CT molecular complexity index is 1280. The predicted molar refractivity (Wildman–Crippen MR) is 120 cm³/mol. The highest BCUT2D eigenvalue weighted by molar-refractivity contribution is 6.09. The largest absolute Gasteiger partial charge is 0.341 e. The molecule has 2 heterocycles. The van der Waals surface area contributed by atoms with Gasteiger partial charge in [0.25, 0.3) is 0 Å². The number of nitrogens with one attached hydrogen (secondary N) is 1. The Labute approximate surface area is 168 Å². The van der Waals surface area contributed by atoms with Gasteiger partial charge in [0.15, 0.2) is 5.82 Å². The van der Waals surface area contributed by atoms with Crippen molar-refractivity contribution in [3.05, 3.63) is 90.6 Å². The minimum Gasteiger partial charge on any atom is -0.341 e. The molecule has 0 aliphatic carbocycles. The molecule has 0 spiro atoms. The van der Waals surface area contributed by atoms with E-state index in [-0.39, 0.29) is 0 Å². The summed E-state index contributed by atoms with van der Waals surface area (Å²) >= 11 is 0. The lowest BCUT2D eigenvalue weighted by atomic mass is 10.1. The van der Waals surface area contributed by atoms with Crippen LogP contribution >= 0.6 is 0 Å². The van der Waals surface area contributed by atoms with Crippen molar-refractivity contribution in [1.29, 1.82) is 0 Å². The van der Waals surface area contributed by atoms with Crippen LogP contribution in [0.3, 0.4) is 0 Å². The zero-order valence-electron chi connectivity index (χ0n) is 16.2. The number of hydrogen-bond donors (Lipinski definition) is 1. The van der Waals surface area contributed by atoms with E-state index in [1.54, 1.807) is 6.20 Å². The van der Waals surface area contributed by atoms with Crippen LogP contribution in [-0.2, 0) is 6.54 Å². The highest BCUT2D eigenvalue weighted by Gasteiger charge is 2.11. The van der Waals surface area contributed by atoms with E-state index in [4.69, 9.17) is 5.10 Å². The van der Waals surface area contributed by atoms with Gasteiger partial charge in [0, 0.05) is 40.6 Å². The van der Waals surface area contributed by atoms with Crippen LogP contribution in [0.1, 0.15) is 12.5 Å². The Balaban J connectivity index is 1.58. The molecule has 5 nitrogen and oxygen atoms in total. The third-order valence-corrected chi connectivity index (χ3v) is 5.14. The van der Waals surface area contributed by atoms with Crippen LogP contribution in [0.2, 0.25) is 0 Å². The second-order valence-electron chi connectivity index (χ2n) is 6.86. The SMILES string of the molecule is CCn1c2ccccc2c2cc(/C=N\N(c3ccccc3)c3cc[nH]n3)ccc21. The highest BCUT2D eigenvalue weighted by Crippen LogP contribution is 2.29. The number of hydrazone groups is 1. The van der Waals surface area contributed by atoms with Crippen LogP contribution in [0, 0.1) is 0 Å². The van der Waals surface area contributed by atoms with Crippen LogP contribution in [0.15, 0.2) is 90.2 Å². The first-order valence-electron chi connectivity index (χ1n) is 9.75. The summed E-state index contributed by atoms with van der Waals surface area (Å²) in [5, 5.41) is 16.2. The molecule has 0 atom stereocenters. The van der Waals surface area contributed by atoms with Crippen molar-refractivity contribution < 1.29 is 0 Å². The fourth-order valence-corrected chi connectivity index (χ4v) is 3.81. The summed E-state index contributed by atoms with van der Waals surface area (Å²) in [5.41, 5.74) is 4.52. The maximum absolute atomic E-state index is 4.74. The molecule has 5 aromatic rings. The first kappa shape index (κ1) is 17.3. The van der Waals surface area contributed by atoms with Gasteiger partial charge in [0.1, 0.15) is 0 Å². The fourth-order valence-electron chi connectivity index (χ4n) is 3.81. The Morgan fingerprint density at radius 2 is 1.72 bits per heavy atom. The molecule has 2 aromatic heterocycles. The second-order valence-corrected chi connectivity index (χ2v) is 6.86. The molecule has 0 radical (unpaired) electrons. The first-order valence-corrected chi connectivity index (χ1v) is 9.75. The lowest BCUT2D eigenvalue weighted by Crippen LogP contribution is -2.09. The third kappa shape index (κ3) is 3.06. The summed E-state index contributed by atoms with van der Waals surface area (Å²) in [4.78, 5) is 0. The number of hydrogen-bond acceptors (Lipinski definition) is 3. The Kier molecular flexibility index (Phi) is 4.33. The van der Waals surface area contributed by atoms with Gasteiger partial charge in [-0.15, -0.1) is 0 Å². The quantitative estimate of drug-likeness (QED) is 0.314. The van der Waals surface area contributed by atoms with Crippen molar-refractivity contribution in [3.8, 4) is 0 Å². The maximum Gasteiger partial charge on any atom is 0.175 e. The zero-order chi connectivity index (χ0) is 19.6. The molecule has 0 aliphatic rings. The number of aromatic nitrogens is 3. The number of fused-ring (bicyclic) bond motifs is 3. The van der Waals surface area contributed by atoms with Crippen LogP contribution < -0.4 is 5.01 Å². The van der Waals surface area contributed by atoms with E-state index in [1.807, 2.05) is 47.6 Å². The molecule has 0 amide bonds. The first-order chi connectivity index (χ1) is 14.3. The van der Waals surface area contributed by atoms with Gasteiger partial charge < -0.3 is 4.57 Å². The minimum absolute atomic E-state index is 0.746. The lowest BCUT2D eigenvalue weighted by molar-refractivity contribution is 0.827. The van der Waals surface area contributed by atoms with Gasteiger partial charge in [0.2, 0.25) is 0 Å². The number of H-pyrrole nitrogens is 1. The van der Waals surface area contributed by atoms with Crippen molar-refractivity contribution in [2.24, 2.45) is 5.10 Å². The van der Waals surface area contributed by atoms with E-state index in [9.17, 15) is 0 Å². The predicted octanol–water partition coefficient (Wildman–Crippen LogP) is 5.71. The van der Waals surface area contributed by atoms with E-state index in [1.165, 1.54) is 21.8 Å². The molecule has 0 saturated heterocycles. The van der Waals surface area contributed by atoms with Gasteiger partial charge in [-0.3, -0.25) is 5.10 Å². The molecule has 0 bridgehead atoms. The number of anilines is 2. The maximum atomic E-state index is 4.74. The lowest BCUT2D eigenvalue weighted by Gasteiger charge is -2.15. The van der Waals surface area contributed by atoms with Crippen molar-refractivity contribution in [2.75, 3.05) is 5.01 Å². The Morgan fingerprint density at radius 1 is 0.931 bits per heavy atom. The number of nitrogens with zero attached hydrogens (tertiary/aromatic N) is 4. The molecule has 0 aliphatic heterocycles. The topological polar surface area (TPSA) is 49.2 Å². The van der Waals surface area contributed by atoms with Crippen LogP contribution in [0.5, 0.6) is 0 Å². The number of rotatable bonds is 5. The second kappa shape index (κ2) is 7.28. The van der Waals surface area contributed by atoms with Gasteiger partial charge in [-0.1, -0.05) is 42.5 Å². The van der Waals surface area contributed by atoms with Crippen molar-refractivity contribution in [1.82, 2.24) is 14.8 Å². The molecule has 5 rings (SSSR count). The Hall–Kier alpha value is -3.86. The summed E-state index contributed by atoms with van der Waals surface area (Å²) in [6, 6.07) is 27.0. The molecule has 0 saturated carbocycles. The van der Waals surface area contributed by atoms with Crippen LogP contribution in [0.4, 0.5) is 11.5 Å². The Morgan fingerprint density at radius 3 is 2.52 bits per heavy atom. The van der Waals surface area contributed by atoms with Gasteiger partial charge in [-0.05, 0) is 42.8 Å². The summed E-state index contributed by atoms with van der Waals surface area (Å²) in [7, 11) is 0. The molecule has 0 unspecified atom stereocenters. The van der Waals surface area contributed by atoms with Gasteiger partial charge in [0.05, 0.1) is 11.9 Å². The molecule has 29 heavy (non-hydrogen) atoms. The van der Waals surface area contributed by atoms with E-state index >= 15 is 0 Å². The number of aromatic amines is 1. The van der Waals surface area contributed by atoms with Crippen LogP contribution in [-0.4, -0.2) is 21.0 Å². The monoisotopic (exact) mass is 379 g/mol. The van der Waals surface area contributed by atoms with Crippen molar-refractivity contribution >= 4 is 39.5 Å². The van der Waals surface area contributed by atoms with E-state index in [2.05, 4.69) is 64.2 Å². The molecule has 5 heteroatoms. The van der Waals surface area contributed by atoms with Crippen molar-refractivity contribution in [3.63, 3.8) is 0 Å². The average molecular weight is 379 g/mol. The molecular formula is C24H21N5. The number of para-hydroxylation sites is 2. The van der Waals surface area contributed by atoms with E-state index in [0.29, 0.717) is 0 Å². The van der Waals surface area contributed by atoms with Crippen LogP contribution in [0.25, 0.3) is 21.8 Å². The minimum atomic E-state index is 0.746.